The molecular weight excluding hydrogens is 243 g/mol. The van der Waals surface area contributed by atoms with Gasteiger partial charge in [-0.15, -0.1) is 0 Å². The minimum absolute atomic E-state index is 0.199. The number of hydrogen-bond donors (Lipinski definition) is 1. The summed E-state index contributed by atoms with van der Waals surface area (Å²) in [6, 6.07) is 0. The van der Waals surface area contributed by atoms with Gasteiger partial charge in [-0.2, -0.15) is 13.2 Å². The van der Waals surface area contributed by atoms with E-state index in [1.807, 2.05) is 0 Å². The van der Waals surface area contributed by atoms with E-state index in [1.165, 1.54) is 0 Å². The fraction of sp³-hybridized carbons (Fsp3) is 0.778. The summed E-state index contributed by atoms with van der Waals surface area (Å²) in [7, 11) is 0. The predicted molar refractivity (Wildman–Crippen MR) is 47.1 cm³/mol. The van der Waals surface area contributed by atoms with Crippen molar-refractivity contribution in [2.24, 2.45) is 5.92 Å². The molecule has 96 valence electrons. The molecule has 0 aromatic rings. The van der Waals surface area contributed by atoms with Crippen molar-refractivity contribution >= 4 is 11.9 Å². The average molecular weight is 253 g/mol. The fourth-order valence-electron chi connectivity index (χ4n) is 2.40. The lowest BCUT2D eigenvalue weighted by Gasteiger charge is -2.23. The lowest BCUT2D eigenvalue weighted by Crippen LogP contribution is -2.47. The number of likely N-dealkylation sites (tertiary alicyclic amines) is 1. The Bertz CT molecular complexity index is 370. The Morgan fingerprint density at radius 3 is 2.53 bits per heavy atom. The molecule has 0 aliphatic carbocycles. The molecule has 0 radical (unpaired) electrons. The van der Waals surface area contributed by atoms with Crippen LogP contribution in [0.15, 0.2) is 0 Å². The van der Waals surface area contributed by atoms with Crippen LogP contribution in [0.2, 0.25) is 0 Å². The van der Waals surface area contributed by atoms with Crippen molar-refractivity contribution in [3.63, 3.8) is 0 Å². The van der Waals surface area contributed by atoms with E-state index in [0.717, 1.165) is 0 Å². The number of aliphatic carboxylic acids is 1. The smallest absolute Gasteiger partial charge is 0.471 e. The third kappa shape index (κ3) is 1.76. The normalized spacial score (nSPS) is 32.6. The number of amides is 1. The van der Waals surface area contributed by atoms with E-state index in [1.54, 1.807) is 0 Å². The van der Waals surface area contributed by atoms with Gasteiger partial charge in [-0.25, -0.2) is 4.79 Å². The topological polar surface area (TPSA) is 66.8 Å². The van der Waals surface area contributed by atoms with Crippen LogP contribution < -0.4 is 0 Å². The summed E-state index contributed by atoms with van der Waals surface area (Å²) in [6.45, 7) is -0.555. The lowest BCUT2D eigenvalue weighted by atomic mass is 9.91. The van der Waals surface area contributed by atoms with E-state index < -0.39 is 36.1 Å². The first-order valence-electron chi connectivity index (χ1n) is 5.01. The van der Waals surface area contributed by atoms with Gasteiger partial charge in [-0.05, 0) is 6.42 Å². The molecule has 2 aliphatic rings. The number of halogens is 3. The molecule has 2 fully saturated rings. The van der Waals surface area contributed by atoms with Crippen LogP contribution >= 0.6 is 0 Å². The number of carbonyl (C=O) groups is 2. The molecule has 0 unspecified atom stereocenters. The molecule has 1 amide bonds. The molecule has 1 N–H and O–H groups in total. The van der Waals surface area contributed by atoms with Crippen molar-refractivity contribution in [2.75, 3.05) is 19.7 Å². The highest BCUT2D eigenvalue weighted by molar-refractivity contribution is 5.85. The van der Waals surface area contributed by atoms with Gasteiger partial charge < -0.3 is 14.7 Å². The summed E-state index contributed by atoms with van der Waals surface area (Å²) >= 11 is 0. The lowest BCUT2D eigenvalue weighted by molar-refractivity contribution is -0.186. The largest absolute Gasteiger partial charge is 0.479 e. The maximum absolute atomic E-state index is 12.2. The van der Waals surface area contributed by atoms with Crippen LogP contribution in [0.5, 0.6) is 0 Å². The van der Waals surface area contributed by atoms with Crippen molar-refractivity contribution in [2.45, 2.75) is 18.2 Å². The van der Waals surface area contributed by atoms with Gasteiger partial charge >= 0.3 is 18.1 Å². The quantitative estimate of drug-likeness (QED) is 0.727. The molecule has 0 spiro atoms. The zero-order valence-corrected chi connectivity index (χ0v) is 8.66. The number of nitrogens with zero attached hydrogens (tertiary/aromatic N) is 1. The Morgan fingerprint density at radius 2 is 2.06 bits per heavy atom. The zero-order valence-electron chi connectivity index (χ0n) is 8.66. The Balaban J connectivity index is 2.19. The van der Waals surface area contributed by atoms with E-state index in [2.05, 4.69) is 0 Å². The molecule has 0 bridgehead atoms. The third-order valence-electron chi connectivity index (χ3n) is 3.24. The van der Waals surface area contributed by atoms with Crippen LogP contribution in [0.4, 0.5) is 13.2 Å². The molecule has 2 rings (SSSR count). The average Bonchev–Trinajstić information content (AvgIpc) is 2.70. The molecule has 2 atom stereocenters. The van der Waals surface area contributed by atoms with Crippen molar-refractivity contribution in [1.29, 1.82) is 0 Å². The van der Waals surface area contributed by atoms with Gasteiger partial charge in [0.25, 0.3) is 0 Å². The highest BCUT2D eigenvalue weighted by Crippen LogP contribution is 2.40. The standard InChI is InChI=1S/C9H10F3NO4/c10-9(11,12)6(14)13-3-5-1-2-17-8(5,4-13)7(15)16/h5H,1-4H2,(H,15,16)/t5-,8+/m1/s1. The van der Waals surface area contributed by atoms with Gasteiger partial charge in [0.05, 0.1) is 6.54 Å². The molecule has 0 saturated carbocycles. The molecule has 2 aliphatic heterocycles. The zero-order chi connectivity index (χ0) is 12.8. The molecule has 0 aromatic carbocycles. The molecule has 5 nitrogen and oxygen atoms in total. The van der Waals surface area contributed by atoms with Crippen LogP contribution in [0.3, 0.4) is 0 Å². The summed E-state index contributed by atoms with van der Waals surface area (Å²) < 4.78 is 41.7. The second-order valence-corrected chi connectivity index (χ2v) is 4.21. The number of hydrogen-bond acceptors (Lipinski definition) is 3. The Labute approximate surface area is 94.1 Å². The first-order valence-corrected chi connectivity index (χ1v) is 5.01. The van der Waals surface area contributed by atoms with Gasteiger partial charge in [0.2, 0.25) is 0 Å². The SMILES string of the molecule is O=C(N1C[C@H]2CCO[C@@]2(C(=O)O)C1)C(F)(F)F. The highest BCUT2D eigenvalue weighted by Gasteiger charge is 2.60. The van der Waals surface area contributed by atoms with E-state index >= 15 is 0 Å². The Hall–Kier alpha value is -1.31. The summed E-state index contributed by atoms with van der Waals surface area (Å²) in [4.78, 5) is 22.6. The van der Waals surface area contributed by atoms with Crippen molar-refractivity contribution in [1.82, 2.24) is 4.90 Å². The Kier molecular flexibility index (Phi) is 2.57. The van der Waals surface area contributed by atoms with E-state index in [0.29, 0.717) is 11.3 Å². The molecule has 8 heteroatoms. The number of carbonyl (C=O) groups excluding carboxylic acids is 1. The summed E-state index contributed by atoms with van der Waals surface area (Å²) in [5.74, 6) is -3.88. The fourth-order valence-corrected chi connectivity index (χ4v) is 2.40. The number of rotatable bonds is 1. The third-order valence-corrected chi connectivity index (χ3v) is 3.24. The number of carboxylic acids is 1. The maximum Gasteiger partial charge on any atom is 0.471 e. The monoisotopic (exact) mass is 253 g/mol. The first kappa shape index (κ1) is 12.2. The summed E-state index contributed by atoms with van der Waals surface area (Å²) in [5, 5.41) is 9.03. The van der Waals surface area contributed by atoms with Crippen LogP contribution in [0, 0.1) is 5.92 Å². The van der Waals surface area contributed by atoms with Gasteiger partial charge in [-0.3, -0.25) is 4.79 Å². The molecular formula is C9H10F3NO4. The number of carboxylic acid groups (broad SMARTS) is 1. The Morgan fingerprint density at radius 1 is 1.41 bits per heavy atom. The van der Waals surface area contributed by atoms with Crippen LogP contribution in [0.1, 0.15) is 6.42 Å². The van der Waals surface area contributed by atoms with Gasteiger partial charge in [-0.1, -0.05) is 0 Å². The van der Waals surface area contributed by atoms with Crippen LogP contribution in [-0.2, 0) is 14.3 Å². The second-order valence-electron chi connectivity index (χ2n) is 4.21. The molecule has 2 heterocycles. The van der Waals surface area contributed by atoms with Crippen LogP contribution in [0.25, 0.3) is 0 Å². The highest BCUT2D eigenvalue weighted by atomic mass is 19.4. The van der Waals surface area contributed by atoms with Gasteiger partial charge in [0.1, 0.15) is 0 Å². The molecule has 17 heavy (non-hydrogen) atoms. The summed E-state index contributed by atoms with van der Waals surface area (Å²) in [5.41, 5.74) is -1.65. The predicted octanol–water partition coefficient (Wildman–Crippen LogP) is 0.251. The minimum Gasteiger partial charge on any atom is -0.479 e. The maximum atomic E-state index is 12.2. The molecule has 2 saturated heterocycles. The van der Waals surface area contributed by atoms with Gasteiger partial charge in [0.15, 0.2) is 5.60 Å². The second kappa shape index (κ2) is 3.59. The number of ether oxygens (including phenoxy) is 1. The van der Waals surface area contributed by atoms with E-state index in [-0.39, 0.29) is 13.2 Å². The summed E-state index contributed by atoms with van der Waals surface area (Å²) in [6.07, 6.45) is -4.62. The van der Waals surface area contributed by atoms with E-state index in [9.17, 15) is 22.8 Å². The number of alkyl halides is 3. The van der Waals surface area contributed by atoms with Crippen LogP contribution in [-0.4, -0.2) is 53.4 Å². The minimum atomic E-state index is -4.97. The van der Waals surface area contributed by atoms with Crippen molar-refractivity contribution < 1.29 is 32.6 Å². The van der Waals surface area contributed by atoms with Crippen molar-refractivity contribution in [3.8, 4) is 0 Å². The first-order chi connectivity index (χ1) is 7.77. The van der Waals surface area contributed by atoms with Gasteiger partial charge in [0, 0.05) is 19.1 Å². The van der Waals surface area contributed by atoms with E-state index in [4.69, 9.17) is 9.84 Å². The van der Waals surface area contributed by atoms with Crippen molar-refractivity contribution in [3.05, 3.63) is 0 Å². The molecule has 0 aromatic heterocycles. The number of fused-ring (bicyclic) bond motifs is 1.